The molecule has 2 aliphatic heterocycles. The lowest BCUT2D eigenvalue weighted by molar-refractivity contribution is -0.117. The van der Waals surface area contributed by atoms with Crippen LogP contribution >= 0.6 is 0 Å². The Morgan fingerprint density at radius 3 is 2.56 bits per heavy atom. The van der Waals surface area contributed by atoms with E-state index in [9.17, 15) is 13.2 Å². The molecule has 4 rings (SSSR count). The first-order valence-electron chi connectivity index (χ1n) is 8.78. The highest BCUT2D eigenvalue weighted by Crippen LogP contribution is 2.32. The second-order valence-electron chi connectivity index (χ2n) is 6.57. The van der Waals surface area contributed by atoms with Crippen LogP contribution in [0.5, 0.6) is 11.5 Å². The smallest absolute Gasteiger partial charge is 0.240 e. The fourth-order valence-electron chi connectivity index (χ4n) is 3.28. The molecule has 1 saturated heterocycles. The number of nitrogens with zero attached hydrogens (tertiary/aromatic N) is 1. The van der Waals surface area contributed by atoms with E-state index in [2.05, 4.69) is 4.72 Å². The number of amides is 1. The van der Waals surface area contributed by atoms with Gasteiger partial charge in [0.15, 0.2) is 11.5 Å². The normalized spacial score (nSPS) is 19.3. The Labute approximate surface area is 157 Å². The van der Waals surface area contributed by atoms with Crippen LogP contribution in [0.2, 0.25) is 0 Å². The topological polar surface area (TPSA) is 84.9 Å². The first-order valence-corrected chi connectivity index (χ1v) is 10.3. The highest BCUT2D eigenvalue weighted by atomic mass is 32.2. The number of carbonyl (C=O) groups is 1. The van der Waals surface area contributed by atoms with E-state index in [0.717, 1.165) is 5.69 Å². The summed E-state index contributed by atoms with van der Waals surface area (Å²) in [6, 6.07) is 13.9. The molecule has 2 heterocycles. The molecule has 1 N–H and O–H groups in total. The first-order chi connectivity index (χ1) is 13.0. The van der Waals surface area contributed by atoms with E-state index < -0.39 is 10.0 Å². The van der Waals surface area contributed by atoms with Gasteiger partial charge in [-0.2, -0.15) is 0 Å². The van der Waals surface area contributed by atoms with Crippen LogP contribution in [-0.2, 0) is 14.8 Å². The molecule has 0 saturated carbocycles. The summed E-state index contributed by atoms with van der Waals surface area (Å²) in [6.45, 7) is 1.53. The van der Waals surface area contributed by atoms with Gasteiger partial charge in [0, 0.05) is 31.3 Å². The Balaban J connectivity index is 1.42. The maximum absolute atomic E-state index is 12.6. The zero-order chi connectivity index (χ0) is 18.9. The van der Waals surface area contributed by atoms with Crippen molar-refractivity contribution in [3.63, 3.8) is 0 Å². The largest absolute Gasteiger partial charge is 0.486 e. The fraction of sp³-hybridized carbons (Fsp3) is 0.316. The van der Waals surface area contributed by atoms with Crippen LogP contribution in [0.4, 0.5) is 5.69 Å². The van der Waals surface area contributed by atoms with Crippen LogP contribution < -0.4 is 19.1 Å². The van der Waals surface area contributed by atoms with Crippen molar-refractivity contribution < 1.29 is 22.7 Å². The first kappa shape index (κ1) is 17.8. The molecule has 8 heteroatoms. The Kier molecular flexibility index (Phi) is 4.75. The van der Waals surface area contributed by atoms with Crippen LogP contribution in [0.1, 0.15) is 6.42 Å². The molecular weight excluding hydrogens is 368 g/mol. The summed E-state index contributed by atoms with van der Waals surface area (Å²) in [4.78, 5) is 14.1. The van der Waals surface area contributed by atoms with E-state index in [1.807, 2.05) is 30.3 Å². The number of nitrogens with one attached hydrogen (secondary N) is 1. The third-order valence-corrected chi connectivity index (χ3v) is 6.08. The van der Waals surface area contributed by atoms with Crippen molar-refractivity contribution in [3.05, 3.63) is 48.5 Å². The summed E-state index contributed by atoms with van der Waals surface area (Å²) in [5.74, 6) is 0.893. The molecule has 1 amide bonds. The predicted molar refractivity (Wildman–Crippen MR) is 99.5 cm³/mol. The van der Waals surface area contributed by atoms with Gasteiger partial charge in [-0.15, -0.1) is 0 Å². The summed E-state index contributed by atoms with van der Waals surface area (Å²) in [5.41, 5.74) is 0.833. The van der Waals surface area contributed by atoms with E-state index in [-0.39, 0.29) is 23.3 Å². The molecule has 1 atom stereocenters. The molecule has 2 aromatic carbocycles. The minimum atomic E-state index is -3.70. The fourth-order valence-corrected chi connectivity index (χ4v) is 4.41. The van der Waals surface area contributed by atoms with Gasteiger partial charge in [0.1, 0.15) is 13.2 Å². The summed E-state index contributed by atoms with van der Waals surface area (Å²) in [7, 11) is -3.70. The molecule has 0 radical (unpaired) electrons. The summed E-state index contributed by atoms with van der Waals surface area (Å²) in [6.07, 6.45) is 0.318. The highest BCUT2D eigenvalue weighted by molar-refractivity contribution is 7.89. The molecule has 27 heavy (non-hydrogen) atoms. The van der Waals surface area contributed by atoms with Crippen molar-refractivity contribution >= 4 is 21.6 Å². The van der Waals surface area contributed by atoms with Gasteiger partial charge in [-0.1, -0.05) is 18.2 Å². The van der Waals surface area contributed by atoms with Crippen molar-refractivity contribution in [2.75, 3.05) is 31.2 Å². The summed E-state index contributed by atoms with van der Waals surface area (Å²) >= 11 is 0. The van der Waals surface area contributed by atoms with Gasteiger partial charge in [0.25, 0.3) is 0 Å². The zero-order valence-corrected chi connectivity index (χ0v) is 15.4. The molecule has 2 aromatic rings. The number of para-hydroxylation sites is 1. The average molecular weight is 388 g/mol. The van der Waals surface area contributed by atoms with Crippen molar-refractivity contribution in [3.8, 4) is 11.5 Å². The second kappa shape index (κ2) is 7.21. The van der Waals surface area contributed by atoms with E-state index in [1.165, 1.54) is 12.1 Å². The third-order valence-electron chi connectivity index (χ3n) is 4.66. The lowest BCUT2D eigenvalue weighted by Gasteiger charge is -2.19. The van der Waals surface area contributed by atoms with Gasteiger partial charge in [0.05, 0.1) is 4.90 Å². The van der Waals surface area contributed by atoms with Crippen molar-refractivity contribution in [1.82, 2.24) is 4.72 Å². The Hall–Kier alpha value is -2.58. The lowest BCUT2D eigenvalue weighted by atomic mass is 10.1. The van der Waals surface area contributed by atoms with Gasteiger partial charge in [-0.05, 0) is 30.2 Å². The standard InChI is InChI=1S/C19H20N2O5S/c22-19-10-14(13-21(19)15-4-2-1-3-5-15)12-20-27(23,24)16-6-7-17-18(11-16)26-9-8-25-17/h1-7,11,14,20H,8-10,12-13H2. The van der Waals surface area contributed by atoms with Crippen LogP contribution in [0.15, 0.2) is 53.4 Å². The van der Waals surface area contributed by atoms with Gasteiger partial charge in [-0.3, -0.25) is 4.79 Å². The summed E-state index contributed by atoms with van der Waals surface area (Å²) in [5, 5.41) is 0. The van der Waals surface area contributed by atoms with E-state index in [0.29, 0.717) is 37.7 Å². The number of fused-ring (bicyclic) bond motifs is 1. The second-order valence-corrected chi connectivity index (χ2v) is 8.33. The van der Waals surface area contributed by atoms with Gasteiger partial charge >= 0.3 is 0 Å². The molecule has 7 nitrogen and oxygen atoms in total. The number of ether oxygens (including phenoxy) is 2. The van der Waals surface area contributed by atoms with E-state index >= 15 is 0 Å². The van der Waals surface area contributed by atoms with Crippen LogP contribution in [0.25, 0.3) is 0 Å². The monoisotopic (exact) mass is 388 g/mol. The number of hydrogen-bond acceptors (Lipinski definition) is 5. The number of benzene rings is 2. The van der Waals surface area contributed by atoms with Crippen molar-refractivity contribution in [1.29, 1.82) is 0 Å². The molecule has 0 aromatic heterocycles. The molecule has 1 unspecified atom stereocenters. The number of hydrogen-bond donors (Lipinski definition) is 1. The average Bonchev–Trinajstić information content (AvgIpc) is 3.07. The molecule has 0 spiro atoms. The van der Waals surface area contributed by atoms with Gasteiger partial charge in [0.2, 0.25) is 15.9 Å². The van der Waals surface area contributed by atoms with Gasteiger partial charge < -0.3 is 14.4 Å². The molecule has 142 valence electrons. The minimum absolute atomic E-state index is 0.00438. The maximum Gasteiger partial charge on any atom is 0.240 e. The Bertz CT molecular complexity index is 946. The molecule has 0 aliphatic carbocycles. The number of carbonyl (C=O) groups excluding carboxylic acids is 1. The minimum Gasteiger partial charge on any atom is -0.486 e. The van der Waals surface area contributed by atoms with Crippen molar-refractivity contribution in [2.45, 2.75) is 11.3 Å². The van der Waals surface area contributed by atoms with E-state index in [1.54, 1.807) is 11.0 Å². The van der Waals surface area contributed by atoms with Crippen molar-refractivity contribution in [2.24, 2.45) is 5.92 Å². The predicted octanol–water partition coefficient (Wildman–Crippen LogP) is 1.79. The summed E-state index contributed by atoms with van der Waals surface area (Å²) < 4.78 is 38.7. The number of rotatable bonds is 5. The Morgan fingerprint density at radius 1 is 1.04 bits per heavy atom. The molecule has 1 fully saturated rings. The zero-order valence-electron chi connectivity index (χ0n) is 14.6. The van der Waals surface area contributed by atoms with Crippen LogP contribution in [-0.4, -0.2) is 40.6 Å². The van der Waals surface area contributed by atoms with Gasteiger partial charge in [-0.25, -0.2) is 13.1 Å². The highest BCUT2D eigenvalue weighted by Gasteiger charge is 2.31. The van der Waals surface area contributed by atoms with E-state index in [4.69, 9.17) is 9.47 Å². The SMILES string of the molecule is O=C1CC(CNS(=O)(=O)c2ccc3c(c2)OCCO3)CN1c1ccccc1. The number of sulfonamides is 1. The Morgan fingerprint density at radius 2 is 1.78 bits per heavy atom. The molecule has 0 bridgehead atoms. The third kappa shape index (κ3) is 3.77. The lowest BCUT2D eigenvalue weighted by Crippen LogP contribution is -2.31. The molecule has 2 aliphatic rings. The number of anilines is 1. The quantitative estimate of drug-likeness (QED) is 0.844. The maximum atomic E-state index is 12.6. The van der Waals surface area contributed by atoms with Crippen LogP contribution in [0, 0.1) is 5.92 Å². The molecular formula is C19H20N2O5S. The van der Waals surface area contributed by atoms with Crippen LogP contribution in [0.3, 0.4) is 0 Å².